The van der Waals surface area contributed by atoms with E-state index < -0.39 is 65.2 Å². The van der Waals surface area contributed by atoms with Crippen LogP contribution in [0.3, 0.4) is 0 Å². The van der Waals surface area contributed by atoms with Gasteiger partial charge in [-0.05, 0) is 0 Å². The summed E-state index contributed by atoms with van der Waals surface area (Å²) in [6.45, 7) is 2.00. The van der Waals surface area contributed by atoms with E-state index in [1.165, 1.54) is 0 Å². The fourth-order valence-corrected chi connectivity index (χ4v) is 5.52. The average Bonchev–Trinajstić information content (AvgIpc) is 2.49. The molecule has 200 valence electrons. The lowest BCUT2D eigenvalue weighted by atomic mass is 9.91. The number of rotatable bonds is 9. The molecule has 0 atom stereocenters. The number of hydrogen-bond donors (Lipinski definition) is 0. The van der Waals surface area contributed by atoms with Crippen LogP contribution in [0.2, 0.25) is 19.6 Å². The summed E-state index contributed by atoms with van der Waals surface area (Å²) in [6.07, 6.45) is -7.86. The summed E-state index contributed by atoms with van der Waals surface area (Å²) < 4.78 is 247. The molecule has 0 rings (SSSR count). The smallest absolute Gasteiger partial charge is 0.460 e. The highest BCUT2D eigenvalue weighted by atomic mass is 32.2. The molecule has 0 saturated heterocycles. The average molecular weight is 570 g/mol. The molecule has 0 aromatic rings. The molecule has 3 nitrogen and oxygen atoms in total. The minimum Gasteiger partial charge on any atom is -0.546 e. The van der Waals surface area contributed by atoms with E-state index in [-0.39, 0.29) is 0 Å². The molecule has 0 aliphatic carbocycles. The van der Waals surface area contributed by atoms with Crippen LogP contribution >= 0.6 is 0 Å². The third-order valence-electron chi connectivity index (χ3n) is 3.41. The van der Waals surface area contributed by atoms with Gasteiger partial charge in [0.1, 0.15) is 10.0 Å². The Labute approximate surface area is 173 Å². The number of halogens is 17. The molecule has 0 spiro atoms. The van der Waals surface area contributed by atoms with Crippen molar-refractivity contribution in [2.24, 2.45) is 0 Å². The molecule has 0 heterocycles. The van der Waals surface area contributed by atoms with E-state index in [0.717, 1.165) is 0 Å². The number of hydrogen-bond acceptors (Lipinski definition) is 2. The Morgan fingerprint density at radius 2 is 0.727 bits per heavy atom. The maximum absolute atomic E-state index is 13.7. The van der Waals surface area contributed by atoms with E-state index in [0.29, 0.717) is 19.6 Å². The van der Waals surface area contributed by atoms with Crippen molar-refractivity contribution < 1.29 is 83.1 Å². The van der Waals surface area contributed by atoms with Gasteiger partial charge in [0.15, 0.2) is 0 Å². The van der Waals surface area contributed by atoms with Gasteiger partial charge in [0.25, 0.3) is 0 Å². The zero-order valence-electron chi connectivity index (χ0n) is 15.6. The van der Waals surface area contributed by atoms with Crippen molar-refractivity contribution in [3.05, 3.63) is 4.39 Å². The van der Waals surface area contributed by atoms with Gasteiger partial charge in [-0.3, -0.25) is 0 Å². The third-order valence-corrected chi connectivity index (χ3v) is 7.47. The van der Waals surface area contributed by atoms with Crippen LogP contribution in [-0.4, -0.2) is 63.6 Å². The van der Waals surface area contributed by atoms with E-state index in [2.05, 4.69) is 4.39 Å². The molecule has 0 aliphatic heterocycles. The SMILES string of the molecule is C[Si](C)(C)[N-]S(=O)(=O)C(F)(F)C(F)(F)C(F)(F)C(F)(F)C(F)(F)C(F)(F)C(F)(F)C(F)(F)F. The quantitative estimate of drug-likeness (QED) is 0.235. The summed E-state index contributed by atoms with van der Waals surface area (Å²) in [6, 6.07) is 0. The second kappa shape index (κ2) is 7.72. The van der Waals surface area contributed by atoms with Crippen LogP contribution in [0.1, 0.15) is 0 Å². The maximum atomic E-state index is 13.7. The summed E-state index contributed by atoms with van der Waals surface area (Å²) in [4.78, 5) is 0. The number of alkyl halides is 17. The van der Waals surface area contributed by atoms with Crippen LogP contribution in [0.5, 0.6) is 0 Å². The van der Waals surface area contributed by atoms with E-state index in [9.17, 15) is 83.1 Å². The van der Waals surface area contributed by atoms with Crippen molar-refractivity contribution in [2.75, 3.05) is 0 Å². The zero-order chi connectivity index (χ0) is 27.7. The normalized spacial score (nSPS) is 16.8. The van der Waals surface area contributed by atoms with Gasteiger partial charge < -0.3 is 4.39 Å². The molecule has 0 N–H and O–H groups in total. The van der Waals surface area contributed by atoms with Gasteiger partial charge in [-0.15, -0.1) is 0 Å². The van der Waals surface area contributed by atoms with Crippen LogP contribution in [0.15, 0.2) is 0 Å². The predicted octanol–water partition coefficient (Wildman–Crippen LogP) is 6.49. The Hall–Kier alpha value is -1.06. The number of sulfonamides is 1. The molecular weight excluding hydrogens is 561 g/mol. The Bertz CT molecular complexity index is 842. The monoisotopic (exact) mass is 570 g/mol. The first-order chi connectivity index (χ1) is 13.7. The first-order valence-electron chi connectivity index (χ1n) is 7.41. The Kier molecular flexibility index (Phi) is 7.47. The van der Waals surface area contributed by atoms with Gasteiger partial charge in [-0.2, -0.15) is 74.6 Å². The van der Waals surface area contributed by atoms with Crippen LogP contribution in [0.4, 0.5) is 74.6 Å². The molecule has 0 amide bonds. The fourth-order valence-electron chi connectivity index (χ4n) is 1.73. The second-order valence-electron chi connectivity index (χ2n) is 7.20. The van der Waals surface area contributed by atoms with Gasteiger partial charge in [0.2, 0.25) is 0 Å². The van der Waals surface area contributed by atoms with Crippen molar-refractivity contribution in [3.8, 4) is 0 Å². The van der Waals surface area contributed by atoms with Crippen LogP contribution in [-0.2, 0) is 10.0 Å². The summed E-state index contributed by atoms with van der Waals surface area (Å²) in [5.74, 6) is -51.6. The van der Waals surface area contributed by atoms with Gasteiger partial charge in [-0.25, -0.2) is 8.42 Å². The molecule has 0 bridgehead atoms. The lowest BCUT2D eigenvalue weighted by Crippen LogP contribution is -2.75. The molecule has 0 radical (unpaired) electrons. The molecule has 0 aliphatic rings. The Morgan fingerprint density at radius 3 is 0.970 bits per heavy atom. The summed E-state index contributed by atoms with van der Waals surface area (Å²) >= 11 is 0. The molecule has 0 aromatic carbocycles. The molecule has 33 heavy (non-hydrogen) atoms. The third kappa shape index (κ3) is 4.38. The summed E-state index contributed by atoms with van der Waals surface area (Å²) in [5.41, 5.74) is 0. The van der Waals surface area contributed by atoms with Crippen LogP contribution in [0.25, 0.3) is 4.39 Å². The summed E-state index contributed by atoms with van der Waals surface area (Å²) in [5, 5.41) is -7.56. The second-order valence-corrected chi connectivity index (χ2v) is 13.7. The molecule has 22 heteroatoms. The highest BCUT2D eigenvalue weighted by Gasteiger charge is 2.95. The van der Waals surface area contributed by atoms with Crippen molar-refractivity contribution in [1.82, 2.24) is 0 Å². The molecule has 0 saturated carbocycles. The first-order valence-corrected chi connectivity index (χ1v) is 12.3. The first kappa shape index (κ1) is 31.9. The lowest BCUT2D eigenvalue weighted by Gasteiger charge is -2.44. The molecule has 0 aromatic heterocycles. The van der Waals surface area contributed by atoms with Gasteiger partial charge in [0, 0.05) is 0 Å². The van der Waals surface area contributed by atoms with E-state index in [1.807, 2.05) is 0 Å². The van der Waals surface area contributed by atoms with Crippen molar-refractivity contribution in [1.29, 1.82) is 0 Å². The van der Waals surface area contributed by atoms with Crippen molar-refractivity contribution in [3.63, 3.8) is 0 Å². The highest BCUT2D eigenvalue weighted by molar-refractivity contribution is 7.97. The maximum Gasteiger partial charge on any atom is 0.460 e. The minimum absolute atomic E-state index is 0.666. The Balaban J connectivity index is 6.96. The fraction of sp³-hybridized carbons (Fsp3) is 1.00. The predicted molar refractivity (Wildman–Crippen MR) is 76.3 cm³/mol. The minimum atomic E-state index is -8.83. The van der Waals surface area contributed by atoms with Crippen LogP contribution < -0.4 is 0 Å². The topological polar surface area (TPSA) is 48.2 Å². The summed E-state index contributed by atoms with van der Waals surface area (Å²) in [7, 11) is -11.2. The van der Waals surface area contributed by atoms with Gasteiger partial charge >= 0.3 is 47.0 Å². The number of nitrogens with zero attached hydrogens (tertiary/aromatic N) is 1. The van der Waals surface area contributed by atoms with Crippen molar-refractivity contribution >= 4 is 18.3 Å². The largest absolute Gasteiger partial charge is 0.546 e. The molecule has 0 fully saturated rings. The zero-order valence-corrected chi connectivity index (χ0v) is 17.4. The van der Waals surface area contributed by atoms with E-state index in [4.69, 9.17) is 0 Å². The van der Waals surface area contributed by atoms with Crippen molar-refractivity contribution in [2.45, 2.75) is 66.6 Å². The van der Waals surface area contributed by atoms with Crippen LogP contribution in [0, 0.1) is 0 Å². The van der Waals surface area contributed by atoms with E-state index in [1.54, 1.807) is 0 Å². The van der Waals surface area contributed by atoms with Gasteiger partial charge in [0.05, 0.1) is 0 Å². The lowest BCUT2D eigenvalue weighted by molar-refractivity contribution is -0.458. The highest BCUT2D eigenvalue weighted by Crippen LogP contribution is 2.64. The molecular formula is C11H9F17NO2SSi-. The molecule has 0 unspecified atom stereocenters. The Morgan fingerprint density at radius 1 is 0.485 bits per heavy atom. The standard InChI is InChI=1S/C11H9F17NO2SSi/c1-33(2,3)29-32(30,31)11(27,28)9(22,23)7(18,19)5(14,15)4(12,13)6(16,17)8(20,21)10(24,25)26/h1-3H3/q-1. The van der Waals surface area contributed by atoms with Gasteiger partial charge in [-0.1, -0.05) is 27.9 Å². The van der Waals surface area contributed by atoms with E-state index >= 15 is 0 Å².